The zero-order valence-corrected chi connectivity index (χ0v) is 13.5. The largest absolute Gasteiger partial charge is 0.495 e. The van der Waals surface area contributed by atoms with E-state index in [9.17, 15) is 13.2 Å². The number of aromatic nitrogens is 2. The number of ether oxygens (including phenoxy) is 1. The fraction of sp³-hybridized carbons (Fsp3) is 0.333. The zero-order chi connectivity index (χ0) is 17.2. The van der Waals surface area contributed by atoms with Crippen molar-refractivity contribution in [2.45, 2.75) is 25.9 Å². The van der Waals surface area contributed by atoms with Crippen LogP contribution in [0.4, 0.5) is 24.7 Å². The van der Waals surface area contributed by atoms with Gasteiger partial charge in [-0.15, -0.1) is 0 Å². The SMILES string of the molecule is COc1ccc(C(F)(F)F)cc1Nc1cc(Cl)nc(C(C)C)n1. The van der Waals surface area contributed by atoms with Gasteiger partial charge in [-0.25, -0.2) is 9.97 Å². The highest BCUT2D eigenvalue weighted by Crippen LogP contribution is 2.36. The lowest BCUT2D eigenvalue weighted by Crippen LogP contribution is -2.07. The van der Waals surface area contributed by atoms with Crippen molar-refractivity contribution in [3.8, 4) is 5.75 Å². The van der Waals surface area contributed by atoms with Crippen LogP contribution in [0.3, 0.4) is 0 Å². The number of alkyl halides is 3. The van der Waals surface area contributed by atoms with Crippen molar-refractivity contribution in [1.82, 2.24) is 9.97 Å². The van der Waals surface area contributed by atoms with Gasteiger partial charge in [0.25, 0.3) is 0 Å². The van der Waals surface area contributed by atoms with Crippen LogP contribution in [-0.4, -0.2) is 17.1 Å². The number of nitrogens with one attached hydrogen (secondary N) is 1. The van der Waals surface area contributed by atoms with E-state index in [1.807, 2.05) is 13.8 Å². The second-order valence-electron chi connectivity index (χ2n) is 5.13. The van der Waals surface area contributed by atoms with E-state index in [4.69, 9.17) is 16.3 Å². The fourth-order valence-corrected chi connectivity index (χ4v) is 2.07. The number of methoxy groups -OCH3 is 1. The van der Waals surface area contributed by atoms with Gasteiger partial charge >= 0.3 is 6.18 Å². The molecular weight excluding hydrogens is 331 g/mol. The molecule has 0 bridgehead atoms. The zero-order valence-electron chi connectivity index (χ0n) is 12.7. The average molecular weight is 346 g/mol. The molecule has 1 aromatic heterocycles. The molecule has 0 saturated carbocycles. The minimum atomic E-state index is -4.45. The number of hydrogen-bond donors (Lipinski definition) is 1. The van der Waals surface area contributed by atoms with E-state index in [0.717, 1.165) is 12.1 Å². The first-order valence-electron chi connectivity index (χ1n) is 6.77. The third kappa shape index (κ3) is 4.25. The molecule has 0 amide bonds. The Morgan fingerprint density at radius 2 is 1.87 bits per heavy atom. The van der Waals surface area contributed by atoms with Crippen LogP contribution in [0.2, 0.25) is 5.15 Å². The Bertz CT molecular complexity index is 705. The second kappa shape index (κ2) is 6.62. The molecule has 0 fully saturated rings. The summed E-state index contributed by atoms with van der Waals surface area (Å²) in [4.78, 5) is 8.33. The van der Waals surface area contributed by atoms with Crippen LogP contribution in [-0.2, 0) is 6.18 Å². The maximum atomic E-state index is 12.9. The summed E-state index contributed by atoms with van der Waals surface area (Å²) in [7, 11) is 1.38. The summed E-state index contributed by atoms with van der Waals surface area (Å²) in [6.45, 7) is 3.78. The van der Waals surface area contributed by atoms with E-state index in [-0.39, 0.29) is 22.5 Å². The summed E-state index contributed by atoms with van der Waals surface area (Å²) >= 11 is 5.94. The summed E-state index contributed by atoms with van der Waals surface area (Å²) in [5.74, 6) is 1.08. The molecule has 0 aliphatic heterocycles. The number of nitrogens with zero attached hydrogens (tertiary/aromatic N) is 2. The molecule has 1 aromatic carbocycles. The molecule has 2 rings (SSSR count). The summed E-state index contributed by atoms with van der Waals surface area (Å²) in [6, 6.07) is 4.60. The lowest BCUT2D eigenvalue weighted by molar-refractivity contribution is -0.137. The second-order valence-corrected chi connectivity index (χ2v) is 5.51. The first kappa shape index (κ1) is 17.3. The van der Waals surface area contributed by atoms with Crippen LogP contribution >= 0.6 is 11.6 Å². The summed E-state index contributed by atoms with van der Waals surface area (Å²) in [5, 5.41) is 3.02. The van der Waals surface area contributed by atoms with E-state index >= 15 is 0 Å². The third-order valence-corrected chi connectivity index (χ3v) is 3.21. The number of benzene rings is 1. The topological polar surface area (TPSA) is 47.0 Å². The highest BCUT2D eigenvalue weighted by atomic mass is 35.5. The van der Waals surface area contributed by atoms with Crippen molar-refractivity contribution >= 4 is 23.1 Å². The lowest BCUT2D eigenvalue weighted by Gasteiger charge is -2.15. The van der Waals surface area contributed by atoms with Gasteiger partial charge in [0.05, 0.1) is 18.4 Å². The molecule has 0 aliphatic carbocycles. The monoisotopic (exact) mass is 345 g/mol. The minimum Gasteiger partial charge on any atom is -0.495 e. The van der Waals surface area contributed by atoms with Crippen LogP contribution < -0.4 is 10.1 Å². The highest BCUT2D eigenvalue weighted by Gasteiger charge is 2.31. The Hall–Kier alpha value is -2.02. The van der Waals surface area contributed by atoms with Gasteiger partial charge in [0.2, 0.25) is 0 Å². The van der Waals surface area contributed by atoms with Crippen molar-refractivity contribution in [3.63, 3.8) is 0 Å². The summed E-state index contributed by atoms with van der Waals surface area (Å²) < 4.78 is 43.7. The van der Waals surface area contributed by atoms with Crippen molar-refractivity contribution in [2.75, 3.05) is 12.4 Å². The van der Waals surface area contributed by atoms with Gasteiger partial charge in [-0.2, -0.15) is 13.2 Å². The van der Waals surface area contributed by atoms with Crippen molar-refractivity contribution < 1.29 is 17.9 Å². The van der Waals surface area contributed by atoms with Crippen molar-refractivity contribution in [2.24, 2.45) is 0 Å². The quantitative estimate of drug-likeness (QED) is 0.790. The molecule has 8 heteroatoms. The van der Waals surface area contributed by atoms with Gasteiger partial charge in [-0.3, -0.25) is 0 Å². The van der Waals surface area contributed by atoms with Crippen LogP contribution in [0.15, 0.2) is 24.3 Å². The first-order valence-corrected chi connectivity index (χ1v) is 7.15. The standard InChI is InChI=1S/C15H15ClF3N3O/c1-8(2)14-21-12(16)7-13(22-14)20-10-6-9(15(17,18)19)4-5-11(10)23-3/h4-8H,1-3H3,(H,20,21,22). The van der Waals surface area contributed by atoms with Gasteiger partial charge in [0.15, 0.2) is 0 Å². The molecule has 1 heterocycles. The van der Waals surface area contributed by atoms with Gasteiger partial charge in [-0.1, -0.05) is 25.4 Å². The van der Waals surface area contributed by atoms with E-state index in [1.165, 1.54) is 19.2 Å². The predicted molar refractivity (Wildman–Crippen MR) is 82.4 cm³/mol. The van der Waals surface area contributed by atoms with E-state index in [0.29, 0.717) is 11.6 Å². The molecule has 0 unspecified atom stereocenters. The van der Waals surface area contributed by atoms with E-state index < -0.39 is 11.7 Å². The fourth-order valence-electron chi connectivity index (χ4n) is 1.88. The number of halogens is 4. The molecule has 2 aromatic rings. The molecular formula is C15H15ClF3N3O. The number of hydrogen-bond acceptors (Lipinski definition) is 4. The summed E-state index contributed by atoms with van der Waals surface area (Å²) in [5.41, 5.74) is -0.642. The van der Waals surface area contributed by atoms with Gasteiger partial charge < -0.3 is 10.1 Å². The van der Waals surface area contributed by atoms with Gasteiger partial charge in [0.1, 0.15) is 22.5 Å². The van der Waals surface area contributed by atoms with Crippen molar-refractivity contribution in [3.05, 3.63) is 40.8 Å². The normalized spacial score (nSPS) is 11.7. The van der Waals surface area contributed by atoms with E-state index in [1.54, 1.807) is 0 Å². The summed E-state index contributed by atoms with van der Waals surface area (Å²) in [6.07, 6.45) is -4.45. The third-order valence-electron chi connectivity index (χ3n) is 3.02. The molecule has 4 nitrogen and oxygen atoms in total. The van der Waals surface area contributed by atoms with Gasteiger partial charge in [0, 0.05) is 12.0 Å². The molecule has 1 N–H and O–H groups in total. The Balaban J connectivity index is 2.43. The van der Waals surface area contributed by atoms with Crippen LogP contribution in [0.25, 0.3) is 0 Å². The lowest BCUT2D eigenvalue weighted by atomic mass is 10.1. The highest BCUT2D eigenvalue weighted by molar-refractivity contribution is 6.29. The molecule has 23 heavy (non-hydrogen) atoms. The smallest absolute Gasteiger partial charge is 0.416 e. The maximum Gasteiger partial charge on any atom is 0.416 e. The average Bonchev–Trinajstić information content (AvgIpc) is 2.45. The van der Waals surface area contributed by atoms with Crippen molar-refractivity contribution in [1.29, 1.82) is 0 Å². The van der Waals surface area contributed by atoms with Crippen LogP contribution in [0, 0.1) is 0 Å². The molecule has 0 aliphatic rings. The molecule has 0 atom stereocenters. The van der Waals surface area contributed by atoms with Crippen LogP contribution in [0.1, 0.15) is 31.2 Å². The Kier molecular flexibility index (Phi) is 4.99. The van der Waals surface area contributed by atoms with Crippen LogP contribution in [0.5, 0.6) is 5.75 Å². The molecule has 0 radical (unpaired) electrons. The predicted octanol–water partition coefficient (Wildman–Crippen LogP) is 5.02. The molecule has 124 valence electrons. The Morgan fingerprint density at radius 1 is 1.17 bits per heavy atom. The molecule has 0 spiro atoms. The number of anilines is 2. The van der Waals surface area contributed by atoms with Gasteiger partial charge in [-0.05, 0) is 18.2 Å². The molecule has 0 saturated heterocycles. The number of rotatable bonds is 4. The Labute approximate surface area is 136 Å². The maximum absolute atomic E-state index is 12.9. The van der Waals surface area contributed by atoms with E-state index in [2.05, 4.69) is 15.3 Å². The Morgan fingerprint density at radius 3 is 2.43 bits per heavy atom. The minimum absolute atomic E-state index is 0.0256. The first-order chi connectivity index (χ1) is 10.7.